The summed E-state index contributed by atoms with van der Waals surface area (Å²) in [5.74, 6) is 1.23. The normalized spacial score (nSPS) is 20.6. The first-order chi connectivity index (χ1) is 12.2. The van der Waals surface area contributed by atoms with Crippen molar-refractivity contribution in [2.75, 3.05) is 50.1 Å². The third-order valence-electron chi connectivity index (χ3n) is 4.76. The minimum absolute atomic E-state index is 0.0254. The lowest BCUT2D eigenvalue weighted by molar-refractivity contribution is 0.229. The molecular formula is C16H21N7O2. The topological polar surface area (TPSA) is 79.6 Å². The van der Waals surface area contributed by atoms with E-state index < -0.39 is 0 Å². The highest BCUT2D eigenvalue weighted by Gasteiger charge is 2.30. The summed E-state index contributed by atoms with van der Waals surface area (Å²) in [6.45, 7) is 3.09. The molecule has 4 heterocycles. The Morgan fingerprint density at radius 3 is 2.92 bits per heavy atom. The smallest absolute Gasteiger partial charge is 0.324 e. The number of hydrogen-bond donors (Lipinski definition) is 0. The Balaban J connectivity index is 1.46. The molecule has 1 atom stereocenters. The van der Waals surface area contributed by atoms with Gasteiger partial charge in [-0.05, 0) is 6.42 Å². The Kier molecular flexibility index (Phi) is 3.90. The van der Waals surface area contributed by atoms with Gasteiger partial charge in [-0.1, -0.05) is 0 Å². The number of urea groups is 1. The van der Waals surface area contributed by atoms with Gasteiger partial charge in [-0.25, -0.2) is 9.78 Å². The lowest BCUT2D eigenvalue weighted by Gasteiger charge is -2.17. The van der Waals surface area contributed by atoms with Gasteiger partial charge < -0.3 is 14.5 Å². The molecular weight excluding hydrogens is 322 g/mol. The summed E-state index contributed by atoms with van der Waals surface area (Å²) in [4.78, 5) is 26.4. The number of carbonyl (C=O) groups excluding carboxylic acids is 1. The van der Waals surface area contributed by atoms with Crippen molar-refractivity contribution in [3.05, 3.63) is 24.7 Å². The molecule has 0 radical (unpaired) electrons. The van der Waals surface area contributed by atoms with Crippen molar-refractivity contribution < 1.29 is 9.53 Å². The van der Waals surface area contributed by atoms with Crippen LogP contribution >= 0.6 is 0 Å². The van der Waals surface area contributed by atoms with Crippen molar-refractivity contribution in [2.45, 2.75) is 12.5 Å². The number of ether oxygens (including phenoxy) is 1. The summed E-state index contributed by atoms with van der Waals surface area (Å²) in [5, 5.41) is 4.48. The first-order valence-electron chi connectivity index (χ1n) is 8.34. The largest absolute Gasteiger partial charge is 0.481 e. The van der Waals surface area contributed by atoms with Gasteiger partial charge in [0, 0.05) is 51.7 Å². The average Bonchev–Trinajstić information content (AvgIpc) is 3.36. The summed E-state index contributed by atoms with van der Waals surface area (Å²) in [6.07, 6.45) is 6.38. The summed E-state index contributed by atoms with van der Waals surface area (Å²) in [5.41, 5.74) is 0.852. The molecule has 4 rings (SSSR count). The Bertz CT molecular complexity index is 777. The molecule has 0 aromatic carbocycles. The van der Waals surface area contributed by atoms with Crippen molar-refractivity contribution >= 4 is 17.7 Å². The molecule has 0 saturated carbocycles. The SMILES string of the molecule is COc1ccnc(N2CCC(n3cc(N4CCN(C)C4=O)cn3)C2)n1. The van der Waals surface area contributed by atoms with Gasteiger partial charge in [0.1, 0.15) is 0 Å². The van der Waals surface area contributed by atoms with Crippen LogP contribution in [-0.4, -0.2) is 71.0 Å². The minimum atomic E-state index is 0.0254. The summed E-state index contributed by atoms with van der Waals surface area (Å²) >= 11 is 0. The minimum Gasteiger partial charge on any atom is -0.481 e. The first kappa shape index (κ1) is 15.7. The fourth-order valence-corrected chi connectivity index (χ4v) is 3.29. The number of nitrogens with zero attached hydrogens (tertiary/aromatic N) is 7. The molecule has 0 N–H and O–H groups in total. The second kappa shape index (κ2) is 6.23. The van der Waals surface area contributed by atoms with Gasteiger partial charge in [-0.15, -0.1) is 0 Å². The molecule has 0 bridgehead atoms. The monoisotopic (exact) mass is 343 g/mol. The van der Waals surface area contributed by atoms with Crippen LogP contribution < -0.4 is 14.5 Å². The van der Waals surface area contributed by atoms with E-state index >= 15 is 0 Å². The van der Waals surface area contributed by atoms with Crippen molar-refractivity contribution in [1.29, 1.82) is 0 Å². The fraction of sp³-hybridized carbons (Fsp3) is 0.500. The summed E-state index contributed by atoms with van der Waals surface area (Å²) in [7, 11) is 3.41. The van der Waals surface area contributed by atoms with E-state index in [9.17, 15) is 4.79 Å². The van der Waals surface area contributed by atoms with E-state index in [1.165, 1.54) is 0 Å². The van der Waals surface area contributed by atoms with Crippen molar-refractivity contribution in [3.63, 3.8) is 0 Å². The third-order valence-corrected chi connectivity index (χ3v) is 4.76. The molecule has 2 aliphatic rings. The number of carbonyl (C=O) groups is 1. The number of hydrogen-bond acceptors (Lipinski definition) is 6. The first-order valence-corrected chi connectivity index (χ1v) is 8.34. The van der Waals surface area contributed by atoms with Crippen LogP contribution in [0.2, 0.25) is 0 Å². The zero-order valence-electron chi connectivity index (χ0n) is 14.4. The molecule has 2 amide bonds. The van der Waals surface area contributed by atoms with Gasteiger partial charge in [0.05, 0.1) is 25.0 Å². The van der Waals surface area contributed by atoms with Gasteiger partial charge in [0.15, 0.2) is 0 Å². The summed E-state index contributed by atoms with van der Waals surface area (Å²) in [6, 6.07) is 2.00. The molecule has 2 aromatic rings. The fourth-order valence-electron chi connectivity index (χ4n) is 3.29. The van der Waals surface area contributed by atoms with Crippen LogP contribution in [0.15, 0.2) is 24.7 Å². The molecule has 2 fully saturated rings. The van der Waals surface area contributed by atoms with Crippen LogP contribution in [0.1, 0.15) is 12.5 Å². The number of likely N-dealkylation sites (N-methyl/N-ethyl adjacent to an activating group) is 1. The van der Waals surface area contributed by atoms with E-state index in [2.05, 4.69) is 20.0 Å². The Morgan fingerprint density at radius 1 is 1.28 bits per heavy atom. The Labute approximate surface area is 145 Å². The second-order valence-electron chi connectivity index (χ2n) is 6.32. The maximum Gasteiger partial charge on any atom is 0.324 e. The number of rotatable bonds is 4. The lowest BCUT2D eigenvalue weighted by atomic mass is 10.3. The number of aromatic nitrogens is 4. The van der Waals surface area contributed by atoms with Crippen LogP contribution in [0.5, 0.6) is 5.88 Å². The van der Waals surface area contributed by atoms with E-state index in [1.807, 2.05) is 17.9 Å². The molecule has 9 heteroatoms. The molecule has 25 heavy (non-hydrogen) atoms. The molecule has 0 aliphatic carbocycles. The van der Waals surface area contributed by atoms with E-state index in [0.717, 1.165) is 31.7 Å². The van der Waals surface area contributed by atoms with Crippen LogP contribution in [0.25, 0.3) is 0 Å². The zero-order chi connectivity index (χ0) is 17.4. The molecule has 2 aliphatic heterocycles. The number of anilines is 2. The van der Waals surface area contributed by atoms with E-state index in [-0.39, 0.29) is 12.1 Å². The summed E-state index contributed by atoms with van der Waals surface area (Å²) < 4.78 is 7.11. The van der Waals surface area contributed by atoms with Gasteiger partial charge in [0.2, 0.25) is 11.8 Å². The van der Waals surface area contributed by atoms with Crippen molar-refractivity contribution in [2.24, 2.45) is 0 Å². The maximum absolute atomic E-state index is 12.1. The third kappa shape index (κ3) is 2.86. The molecule has 132 valence electrons. The molecule has 0 spiro atoms. The highest BCUT2D eigenvalue weighted by Crippen LogP contribution is 2.27. The predicted octanol–water partition coefficient (Wildman–Crippen LogP) is 1.00. The van der Waals surface area contributed by atoms with Gasteiger partial charge in [-0.3, -0.25) is 9.58 Å². The Morgan fingerprint density at radius 2 is 2.16 bits per heavy atom. The van der Waals surface area contributed by atoms with Crippen molar-refractivity contribution in [1.82, 2.24) is 24.6 Å². The quantitative estimate of drug-likeness (QED) is 0.824. The number of amides is 2. The molecule has 2 saturated heterocycles. The highest BCUT2D eigenvalue weighted by atomic mass is 16.5. The van der Waals surface area contributed by atoms with Gasteiger partial charge in [-0.2, -0.15) is 10.1 Å². The standard InChI is InChI=1S/C16H21N7O2/c1-20-7-8-22(16(20)24)13-9-18-23(11-13)12-4-6-21(10-12)15-17-5-3-14(19-15)25-2/h3,5,9,11-12H,4,6-8,10H2,1-2H3. The van der Waals surface area contributed by atoms with Crippen LogP contribution in [0, 0.1) is 0 Å². The van der Waals surface area contributed by atoms with E-state index in [4.69, 9.17) is 4.74 Å². The highest BCUT2D eigenvalue weighted by molar-refractivity contribution is 5.93. The Hall–Kier alpha value is -2.84. The predicted molar refractivity (Wildman–Crippen MR) is 92.1 cm³/mol. The molecule has 1 unspecified atom stereocenters. The molecule has 9 nitrogen and oxygen atoms in total. The van der Waals surface area contributed by atoms with Crippen LogP contribution in [0.4, 0.5) is 16.4 Å². The van der Waals surface area contributed by atoms with Crippen LogP contribution in [0.3, 0.4) is 0 Å². The van der Waals surface area contributed by atoms with Gasteiger partial charge in [0.25, 0.3) is 0 Å². The zero-order valence-corrected chi connectivity index (χ0v) is 14.4. The number of methoxy groups -OCH3 is 1. The van der Waals surface area contributed by atoms with Crippen molar-refractivity contribution in [3.8, 4) is 5.88 Å². The second-order valence-corrected chi connectivity index (χ2v) is 6.32. The molecule has 2 aromatic heterocycles. The van der Waals surface area contributed by atoms with E-state index in [1.54, 1.807) is 35.4 Å². The van der Waals surface area contributed by atoms with E-state index in [0.29, 0.717) is 18.4 Å². The average molecular weight is 343 g/mol. The van der Waals surface area contributed by atoms with Gasteiger partial charge >= 0.3 is 6.03 Å². The lowest BCUT2D eigenvalue weighted by Crippen LogP contribution is -2.28. The van der Waals surface area contributed by atoms with Crippen LogP contribution in [-0.2, 0) is 0 Å². The maximum atomic E-state index is 12.1.